The number of hydrogen-bond donors (Lipinski definition) is 1. The second-order valence-corrected chi connectivity index (χ2v) is 6.78. The fourth-order valence-corrected chi connectivity index (χ4v) is 3.89. The molecular formula is C13H25NOS. The first-order valence-corrected chi connectivity index (χ1v) is 7.75. The molecule has 1 saturated carbocycles. The molecule has 0 aromatic heterocycles. The Bertz CT molecular complexity index is 226. The van der Waals surface area contributed by atoms with Gasteiger partial charge < -0.3 is 10.1 Å². The Balaban J connectivity index is 1.79. The van der Waals surface area contributed by atoms with E-state index in [4.69, 9.17) is 4.74 Å². The van der Waals surface area contributed by atoms with E-state index in [0.717, 1.165) is 12.6 Å². The van der Waals surface area contributed by atoms with Crippen LogP contribution in [0.5, 0.6) is 0 Å². The molecule has 0 aromatic rings. The second kappa shape index (κ2) is 5.28. The zero-order chi connectivity index (χ0) is 11.6. The normalized spacial score (nSPS) is 38.1. The number of rotatable bonds is 4. The molecule has 16 heavy (non-hydrogen) atoms. The highest BCUT2D eigenvalue weighted by atomic mass is 32.2. The van der Waals surface area contributed by atoms with E-state index in [-0.39, 0.29) is 0 Å². The van der Waals surface area contributed by atoms with E-state index in [0.29, 0.717) is 17.6 Å². The maximum absolute atomic E-state index is 5.77. The lowest BCUT2D eigenvalue weighted by atomic mass is 9.64. The standard InChI is InChI=1S/C13H25NOS/c1-4-15-12-8-11(13(12,2)3)14-10-6-5-7-16-9-10/h10-12,14H,4-9H2,1-3H3. The van der Waals surface area contributed by atoms with Gasteiger partial charge in [0.1, 0.15) is 0 Å². The molecule has 2 aliphatic rings. The fourth-order valence-electron chi connectivity index (χ4n) is 2.81. The molecule has 3 unspecified atom stereocenters. The summed E-state index contributed by atoms with van der Waals surface area (Å²) in [5.41, 5.74) is 0.318. The summed E-state index contributed by atoms with van der Waals surface area (Å²) < 4.78 is 5.77. The fraction of sp³-hybridized carbons (Fsp3) is 1.00. The van der Waals surface area contributed by atoms with Gasteiger partial charge in [0.15, 0.2) is 0 Å². The maximum Gasteiger partial charge on any atom is 0.0655 e. The Labute approximate surface area is 104 Å². The third kappa shape index (κ3) is 2.57. The monoisotopic (exact) mass is 243 g/mol. The van der Waals surface area contributed by atoms with Gasteiger partial charge in [0, 0.05) is 29.9 Å². The van der Waals surface area contributed by atoms with E-state index < -0.39 is 0 Å². The third-order valence-electron chi connectivity index (χ3n) is 4.14. The molecular weight excluding hydrogens is 218 g/mol. The summed E-state index contributed by atoms with van der Waals surface area (Å²) in [5.74, 6) is 2.65. The minimum absolute atomic E-state index is 0.318. The molecule has 1 aliphatic carbocycles. The summed E-state index contributed by atoms with van der Waals surface area (Å²) in [6.07, 6.45) is 4.40. The molecule has 1 saturated heterocycles. The zero-order valence-electron chi connectivity index (χ0n) is 10.8. The van der Waals surface area contributed by atoms with Gasteiger partial charge in [-0.2, -0.15) is 11.8 Å². The molecule has 1 heterocycles. The van der Waals surface area contributed by atoms with Gasteiger partial charge in [-0.15, -0.1) is 0 Å². The molecule has 0 spiro atoms. The lowest BCUT2D eigenvalue weighted by molar-refractivity contribution is -0.116. The van der Waals surface area contributed by atoms with Crippen LogP contribution in [0.3, 0.4) is 0 Å². The molecule has 1 N–H and O–H groups in total. The molecule has 94 valence electrons. The van der Waals surface area contributed by atoms with Crippen LogP contribution in [0, 0.1) is 5.41 Å². The first-order valence-electron chi connectivity index (χ1n) is 6.60. The van der Waals surface area contributed by atoms with Crippen LogP contribution in [0.1, 0.15) is 40.0 Å². The van der Waals surface area contributed by atoms with Gasteiger partial charge in [0.05, 0.1) is 6.10 Å². The molecule has 2 rings (SSSR count). The molecule has 0 radical (unpaired) electrons. The van der Waals surface area contributed by atoms with Gasteiger partial charge in [-0.1, -0.05) is 13.8 Å². The lowest BCUT2D eigenvalue weighted by Gasteiger charge is -2.53. The minimum atomic E-state index is 0.318. The van der Waals surface area contributed by atoms with Crippen LogP contribution >= 0.6 is 11.8 Å². The maximum atomic E-state index is 5.77. The minimum Gasteiger partial charge on any atom is -0.378 e. The van der Waals surface area contributed by atoms with E-state index in [2.05, 4.69) is 37.8 Å². The highest BCUT2D eigenvalue weighted by molar-refractivity contribution is 7.99. The average molecular weight is 243 g/mol. The molecule has 1 aliphatic heterocycles. The average Bonchev–Trinajstić information content (AvgIpc) is 2.29. The number of thioether (sulfide) groups is 1. The van der Waals surface area contributed by atoms with Crippen molar-refractivity contribution in [3.05, 3.63) is 0 Å². The van der Waals surface area contributed by atoms with Gasteiger partial charge in [0.2, 0.25) is 0 Å². The Hall–Kier alpha value is 0.270. The van der Waals surface area contributed by atoms with Crippen molar-refractivity contribution in [3.8, 4) is 0 Å². The van der Waals surface area contributed by atoms with E-state index in [1.54, 1.807) is 0 Å². The van der Waals surface area contributed by atoms with Crippen LogP contribution < -0.4 is 5.32 Å². The van der Waals surface area contributed by atoms with E-state index in [1.807, 2.05) is 0 Å². The van der Waals surface area contributed by atoms with Gasteiger partial charge in [-0.25, -0.2) is 0 Å². The lowest BCUT2D eigenvalue weighted by Crippen LogP contribution is -2.63. The summed E-state index contributed by atoms with van der Waals surface area (Å²) in [4.78, 5) is 0. The Kier molecular flexibility index (Phi) is 4.20. The number of nitrogens with one attached hydrogen (secondary N) is 1. The van der Waals surface area contributed by atoms with E-state index >= 15 is 0 Å². The van der Waals surface area contributed by atoms with Gasteiger partial charge in [0.25, 0.3) is 0 Å². The molecule has 3 atom stereocenters. The SMILES string of the molecule is CCOC1CC(NC2CCCSC2)C1(C)C. The summed E-state index contributed by atoms with van der Waals surface area (Å²) >= 11 is 2.10. The van der Waals surface area contributed by atoms with Crippen LogP contribution in [-0.2, 0) is 4.74 Å². The predicted molar refractivity (Wildman–Crippen MR) is 71.1 cm³/mol. The van der Waals surface area contributed by atoms with Crippen LogP contribution in [0.25, 0.3) is 0 Å². The van der Waals surface area contributed by atoms with Crippen molar-refractivity contribution in [2.24, 2.45) is 5.41 Å². The highest BCUT2D eigenvalue weighted by Gasteiger charge is 2.49. The number of ether oxygens (including phenoxy) is 1. The molecule has 2 fully saturated rings. The van der Waals surface area contributed by atoms with Crippen LogP contribution in [0.4, 0.5) is 0 Å². The number of hydrogen-bond acceptors (Lipinski definition) is 3. The first kappa shape index (κ1) is 12.7. The smallest absolute Gasteiger partial charge is 0.0655 e. The van der Waals surface area contributed by atoms with E-state index in [9.17, 15) is 0 Å². The van der Waals surface area contributed by atoms with Crippen LogP contribution in [0.2, 0.25) is 0 Å². The van der Waals surface area contributed by atoms with Gasteiger partial charge in [-0.05, 0) is 31.9 Å². The van der Waals surface area contributed by atoms with E-state index in [1.165, 1.54) is 30.8 Å². The quantitative estimate of drug-likeness (QED) is 0.820. The predicted octanol–water partition coefficient (Wildman–Crippen LogP) is 2.68. The largest absolute Gasteiger partial charge is 0.378 e. The van der Waals surface area contributed by atoms with Gasteiger partial charge >= 0.3 is 0 Å². The summed E-state index contributed by atoms with van der Waals surface area (Å²) in [6.45, 7) is 7.61. The Morgan fingerprint density at radius 1 is 1.44 bits per heavy atom. The van der Waals surface area contributed by atoms with Crippen molar-refractivity contribution in [1.29, 1.82) is 0 Å². The zero-order valence-corrected chi connectivity index (χ0v) is 11.6. The van der Waals surface area contributed by atoms with Crippen LogP contribution in [0.15, 0.2) is 0 Å². The molecule has 2 nitrogen and oxygen atoms in total. The molecule has 3 heteroatoms. The first-order chi connectivity index (χ1) is 7.64. The van der Waals surface area contributed by atoms with Crippen LogP contribution in [-0.4, -0.2) is 36.3 Å². The van der Waals surface area contributed by atoms with Gasteiger partial charge in [-0.3, -0.25) is 0 Å². The summed E-state index contributed by atoms with van der Waals surface area (Å²) in [7, 11) is 0. The molecule has 0 amide bonds. The molecule has 0 aromatic carbocycles. The molecule has 0 bridgehead atoms. The topological polar surface area (TPSA) is 21.3 Å². The Morgan fingerprint density at radius 3 is 2.81 bits per heavy atom. The summed E-state index contributed by atoms with van der Waals surface area (Å²) in [6, 6.07) is 1.40. The van der Waals surface area contributed by atoms with Crippen molar-refractivity contribution >= 4 is 11.8 Å². The summed E-state index contributed by atoms with van der Waals surface area (Å²) in [5, 5.41) is 3.83. The Morgan fingerprint density at radius 2 is 2.25 bits per heavy atom. The van der Waals surface area contributed by atoms with Crippen molar-refractivity contribution in [1.82, 2.24) is 5.32 Å². The highest BCUT2D eigenvalue weighted by Crippen LogP contribution is 2.43. The second-order valence-electron chi connectivity index (χ2n) is 5.63. The van der Waals surface area contributed by atoms with Crippen molar-refractivity contribution in [3.63, 3.8) is 0 Å². The van der Waals surface area contributed by atoms with Crippen molar-refractivity contribution in [2.75, 3.05) is 18.1 Å². The third-order valence-corrected chi connectivity index (χ3v) is 5.36. The van der Waals surface area contributed by atoms with Crippen molar-refractivity contribution in [2.45, 2.75) is 58.2 Å². The van der Waals surface area contributed by atoms with Crippen molar-refractivity contribution < 1.29 is 4.74 Å².